The summed E-state index contributed by atoms with van der Waals surface area (Å²) in [7, 11) is 0. The highest BCUT2D eigenvalue weighted by Gasteiger charge is 1.98. The van der Waals surface area contributed by atoms with Gasteiger partial charge in [-0.25, -0.2) is 9.59 Å². The minimum Gasteiger partial charge on any atom is -0.478 e. The van der Waals surface area contributed by atoms with Crippen molar-refractivity contribution < 1.29 is 19.4 Å². The Hall–Kier alpha value is -1.32. The van der Waals surface area contributed by atoms with Crippen LogP contribution < -0.4 is 0 Å². The number of unbranched alkanes of at least 4 members (excludes halogenated alkanes) is 12. The topological polar surface area (TPSA) is 63.6 Å². The van der Waals surface area contributed by atoms with E-state index < -0.39 is 11.9 Å². The normalized spacial score (nSPS) is 11.0. The second-order valence-electron chi connectivity index (χ2n) is 6.08. The molecule has 0 aromatic carbocycles. The van der Waals surface area contributed by atoms with Gasteiger partial charge < -0.3 is 9.84 Å². The van der Waals surface area contributed by atoms with Crippen LogP contribution >= 0.6 is 0 Å². The van der Waals surface area contributed by atoms with E-state index in [0.29, 0.717) is 6.61 Å². The van der Waals surface area contributed by atoms with Gasteiger partial charge >= 0.3 is 11.9 Å². The minimum atomic E-state index is -1.14. The number of rotatable bonds is 16. The zero-order chi connectivity index (χ0) is 17.2. The molecule has 0 bridgehead atoms. The van der Waals surface area contributed by atoms with E-state index in [1.165, 1.54) is 70.6 Å². The average Bonchev–Trinajstić information content (AvgIpc) is 2.53. The van der Waals surface area contributed by atoms with Crippen LogP contribution in [0.3, 0.4) is 0 Å². The van der Waals surface area contributed by atoms with E-state index in [2.05, 4.69) is 6.92 Å². The van der Waals surface area contributed by atoms with Crippen LogP contribution in [0.15, 0.2) is 12.2 Å². The molecular formula is C19H34O4. The zero-order valence-electron chi connectivity index (χ0n) is 14.7. The Kier molecular flexibility index (Phi) is 16.1. The van der Waals surface area contributed by atoms with Crippen LogP contribution in [0.5, 0.6) is 0 Å². The van der Waals surface area contributed by atoms with Crippen molar-refractivity contribution >= 4 is 11.9 Å². The van der Waals surface area contributed by atoms with Gasteiger partial charge in [-0.3, -0.25) is 0 Å². The third-order valence-electron chi connectivity index (χ3n) is 3.85. The summed E-state index contributed by atoms with van der Waals surface area (Å²) in [6.45, 7) is 2.63. The van der Waals surface area contributed by atoms with Crippen LogP contribution in [0, 0.1) is 0 Å². The second kappa shape index (κ2) is 17.0. The first-order chi connectivity index (χ1) is 11.2. The van der Waals surface area contributed by atoms with E-state index in [1.54, 1.807) is 0 Å². The Bertz CT molecular complexity index is 323. The molecular weight excluding hydrogens is 292 g/mol. The van der Waals surface area contributed by atoms with Crippen LogP contribution in [-0.4, -0.2) is 23.7 Å². The van der Waals surface area contributed by atoms with Crippen molar-refractivity contribution in [2.45, 2.75) is 90.4 Å². The number of aliphatic carboxylic acids is 1. The molecule has 0 unspecified atom stereocenters. The van der Waals surface area contributed by atoms with E-state index in [9.17, 15) is 9.59 Å². The monoisotopic (exact) mass is 326 g/mol. The average molecular weight is 326 g/mol. The maximum atomic E-state index is 11.1. The fraction of sp³-hybridized carbons (Fsp3) is 0.789. The summed E-state index contributed by atoms with van der Waals surface area (Å²) < 4.78 is 4.90. The van der Waals surface area contributed by atoms with Gasteiger partial charge in [0, 0.05) is 12.2 Å². The van der Waals surface area contributed by atoms with Gasteiger partial charge in [-0.2, -0.15) is 0 Å². The van der Waals surface area contributed by atoms with Gasteiger partial charge in [-0.1, -0.05) is 84.0 Å². The molecule has 4 heteroatoms. The number of ether oxygens (including phenoxy) is 1. The molecule has 0 aliphatic rings. The number of carbonyl (C=O) groups excluding carboxylic acids is 1. The van der Waals surface area contributed by atoms with Crippen LogP contribution in [0.1, 0.15) is 90.4 Å². The number of carbonyl (C=O) groups is 2. The Morgan fingerprint density at radius 1 is 0.739 bits per heavy atom. The maximum Gasteiger partial charge on any atom is 0.331 e. The predicted octanol–water partition coefficient (Wildman–Crippen LogP) is 5.26. The van der Waals surface area contributed by atoms with Crippen molar-refractivity contribution in [1.29, 1.82) is 0 Å². The zero-order valence-corrected chi connectivity index (χ0v) is 14.7. The molecule has 0 atom stereocenters. The van der Waals surface area contributed by atoms with Crippen molar-refractivity contribution in [3.8, 4) is 0 Å². The van der Waals surface area contributed by atoms with Gasteiger partial charge in [-0.15, -0.1) is 0 Å². The third-order valence-corrected chi connectivity index (χ3v) is 3.85. The van der Waals surface area contributed by atoms with Gasteiger partial charge in [0.15, 0.2) is 0 Å². The fourth-order valence-corrected chi connectivity index (χ4v) is 2.48. The number of hydrogen-bond acceptors (Lipinski definition) is 3. The predicted molar refractivity (Wildman–Crippen MR) is 93.4 cm³/mol. The SMILES string of the molecule is CCCCCCCCCCCCCCCOC(=O)/C=C\C(=O)O. The molecule has 23 heavy (non-hydrogen) atoms. The van der Waals surface area contributed by atoms with Gasteiger partial charge in [0.2, 0.25) is 0 Å². The smallest absolute Gasteiger partial charge is 0.331 e. The van der Waals surface area contributed by atoms with E-state index in [1.807, 2.05) is 0 Å². The summed E-state index contributed by atoms with van der Waals surface area (Å²) in [5.41, 5.74) is 0. The molecule has 0 saturated carbocycles. The molecule has 0 aromatic heterocycles. The first-order valence-corrected chi connectivity index (χ1v) is 9.24. The molecule has 0 spiro atoms. The molecule has 0 aliphatic carbocycles. The standard InChI is InChI=1S/C19H34O4/c1-2-3-4-5-6-7-8-9-10-11-12-13-14-17-23-19(22)16-15-18(20)21/h15-16H,2-14,17H2,1H3,(H,20,21)/b16-15-. The third kappa shape index (κ3) is 18.6. The lowest BCUT2D eigenvalue weighted by molar-refractivity contribution is -0.138. The van der Waals surface area contributed by atoms with Gasteiger partial charge in [0.25, 0.3) is 0 Å². The Balaban J connectivity index is 3.16. The molecule has 0 radical (unpaired) electrons. The summed E-state index contributed by atoms with van der Waals surface area (Å²) in [6.07, 6.45) is 18.4. The quantitative estimate of drug-likeness (QED) is 0.239. The lowest BCUT2D eigenvalue weighted by Crippen LogP contribution is -2.03. The maximum absolute atomic E-state index is 11.1. The summed E-state index contributed by atoms with van der Waals surface area (Å²) in [6, 6.07) is 0. The van der Waals surface area contributed by atoms with E-state index in [0.717, 1.165) is 25.0 Å². The molecule has 0 aromatic rings. The summed E-state index contributed by atoms with van der Waals surface area (Å²) in [4.78, 5) is 21.3. The van der Waals surface area contributed by atoms with Crippen molar-refractivity contribution in [1.82, 2.24) is 0 Å². The highest BCUT2D eigenvalue weighted by Crippen LogP contribution is 2.12. The minimum absolute atomic E-state index is 0.376. The molecule has 0 rings (SSSR count). The summed E-state index contributed by atoms with van der Waals surface area (Å²) >= 11 is 0. The number of esters is 1. The molecule has 0 amide bonds. The first kappa shape index (κ1) is 21.7. The van der Waals surface area contributed by atoms with E-state index in [4.69, 9.17) is 9.84 Å². The van der Waals surface area contributed by atoms with E-state index in [-0.39, 0.29) is 0 Å². The van der Waals surface area contributed by atoms with Gasteiger partial charge in [-0.05, 0) is 6.42 Å². The molecule has 0 heterocycles. The van der Waals surface area contributed by atoms with Crippen molar-refractivity contribution in [2.24, 2.45) is 0 Å². The van der Waals surface area contributed by atoms with Crippen LogP contribution in [0.25, 0.3) is 0 Å². The molecule has 0 fully saturated rings. The largest absolute Gasteiger partial charge is 0.478 e. The molecule has 4 nitrogen and oxygen atoms in total. The van der Waals surface area contributed by atoms with Crippen molar-refractivity contribution in [3.05, 3.63) is 12.2 Å². The van der Waals surface area contributed by atoms with Crippen molar-refractivity contribution in [3.63, 3.8) is 0 Å². The van der Waals surface area contributed by atoms with Crippen LogP contribution in [0.4, 0.5) is 0 Å². The number of carboxylic acid groups (broad SMARTS) is 1. The summed E-state index contributed by atoms with van der Waals surface area (Å²) in [5, 5.41) is 8.36. The Morgan fingerprint density at radius 3 is 1.61 bits per heavy atom. The fourth-order valence-electron chi connectivity index (χ4n) is 2.48. The molecule has 0 saturated heterocycles. The lowest BCUT2D eigenvalue weighted by atomic mass is 10.0. The van der Waals surface area contributed by atoms with Gasteiger partial charge in [0.05, 0.1) is 6.61 Å². The summed E-state index contributed by atoms with van der Waals surface area (Å²) in [5.74, 6) is -1.71. The molecule has 0 aliphatic heterocycles. The van der Waals surface area contributed by atoms with E-state index >= 15 is 0 Å². The first-order valence-electron chi connectivity index (χ1n) is 9.24. The Labute approximate surface area is 141 Å². The van der Waals surface area contributed by atoms with Crippen LogP contribution in [0.2, 0.25) is 0 Å². The molecule has 134 valence electrons. The second-order valence-corrected chi connectivity index (χ2v) is 6.08. The van der Waals surface area contributed by atoms with Gasteiger partial charge in [0.1, 0.15) is 0 Å². The van der Waals surface area contributed by atoms with Crippen molar-refractivity contribution in [2.75, 3.05) is 6.61 Å². The highest BCUT2D eigenvalue weighted by molar-refractivity contribution is 5.90. The Morgan fingerprint density at radius 2 is 1.17 bits per heavy atom. The molecule has 1 N–H and O–H groups in total. The number of carboxylic acids is 1. The highest BCUT2D eigenvalue weighted by atomic mass is 16.5. The van der Waals surface area contributed by atoms with Crippen LogP contribution in [-0.2, 0) is 14.3 Å². The number of hydrogen-bond donors (Lipinski definition) is 1. The lowest BCUT2D eigenvalue weighted by Gasteiger charge is -2.03.